The van der Waals surface area contributed by atoms with E-state index in [9.17, 15) is 23.1 Å². The van der Waals surface area contributed by atoms with Gasteiger partial charge in [-0.15, -0.1) is 0 Å². The highest BCUT2D eigenvalue weighted by atomic mass is 19.4. The molecule has 0 aliphatic rings. The number of rotatable bonds is 7. The predicted molar refractivity (Wildman–Crippen MR) is 101 cm³/mol. The fourth-order valence-corrected chi connectivity index (χ4v) is 2.55. The van der Waals surface area contributed by atoms with Crippen molar-refractivity contribution in [3.8, 4) is 23.0 Å². The second-order valence-corrected chi connectivity index (χ2v) is 6.22. The number of hydrogen-bond acceptors (Lipinski definition) is 7. The molecule has 30 heavy (non-hydrogen) atoms. The Labute approximate surface area is 168 Å². The minimum atomic E-state index is -4.98. The highest BCUT2D eigenvalue weighted by Crippen LogP contribution is 2.38. The first-order chi connectivity index (χ1) is 14.2. The zero-order valence-electron chi connectivity index (χ0n) is 15.7. The van der Waals surface area contributed by atoms with Gasteiger partial charge < -0.3 is 29.5 Å². The van der Waals surface area contributed by atoms with Crippen LogP contribution in [0.4, 0.5) is 13.2 Å². The van der Waals surface area contributed by atoms with E-state index in [2.05, 4.69) is 0 Å². The van der Waals surface area contributed by atoms with E-state index >= 15 is 0 Å². The molecule has 0 saturated heterocycles. The van der Waals surface area contributed by atoms with Crippen molar-refractivity contribution in [2.24, 2.45) is 5.73 Å². The van der Waals surface area contributed by atoms with Gasteiger partial charge in [0.25, 0.3) is 5.76 Å². The van der Waals surface area contributed by atoms with E-state index in [4.69, 9.17) is 24.4 Å². The van der Waals surface area contributed by atoms with E-state index in [0.29, 0.717) is 5.75 Å². The van der Waals surface area contributed by atoms with Gasteiger partial charge in [-0.1, -0.05) is 0 Å². The average molecular weight is 425 g/mol. The number of fused-ring (bicyclic) bond motifs is 1. The van der Waals surface area contributed by atoms with Crippen molar-refractivity contribution in [1.29, 1.82) is 0 Å². The number of ether oxygens (including phenoxy) is 3. The molecule has 160 valence electrons. The normalized spacial score (nSPS) is 12.6. The molecule has 3 N–H and O–H groups in total. The summed E-state index contributed by atoms with van der Waals surface area (Å²) in [6.07, 6.45) is -5.93. The van der Waals surface area contributed by atoms with Crippen LogP contribution in [0.2, 0.25) is 0 Å². The third-order valence-electron chi connectivity index (χ3n) is 4.07. The summed E-state index contributed by atoms with van der Waals surface area (Å²) in [5, 5.41) is 9.31. The summed E-state index contributed by atoms with van der Waals surface area (Å²) < 4.78 is 61.2. The molecule has 0 spiro atoms. The van der Waals surface area contributed by atoms with Crippen LogP contribution in [-0.2, 0) is 6.18 Å². The van der Waals surface area contributed by atoms with Crippen LogP contribution >= 0.6 is 0 Å². The van der Waals surface area contributed by atoms with Crippen molar-refractivity contribution in [2.45, 2.75) is 12.3 Å². The first-order valence-electron chi connectivity index (χ1n) is 8.74. The second kappa shape index (κ2) is 8.64. The molecule has 0 saturated carbocycles. The standard InChI is InChI=1S/C20H18F3NO6/c1-27-12-2-4-13(5-3-12)29-18-17(26)15-7-6-14(28-10-11(25)9-24)8-16(15)30-19(18)20(21,22)23/h2-8,11,25H,9-10,24H2,1H3/t11-/m1/s1. The average Bonchev–Trinajstić information content (AvgIpc) is 2.73. The van der Waals surface area contributed by atoms with Crippen LogP contribution in [0.5, 0.6) is 23.0 Å². The van der Waals surface area contributed by atoms with Crippen LogP contribution in [-0.4, -0.2) is 31.5 Å². The van der Waals surface area contributed by atoms with Gasteiger partial charge in [-0.3, -0.25) is 4.79 Å². The summed E-state index contributed by atoms with van der Waals surface area (Å²) in [5.41, 5.74) is 3.94. The third-order valence-corrected chi connectivity index (χ3v) is 4.07. The van der Waals surface area contributed by atoms with Gasteiger partial charge in [0.15, 0.2) is 0 Å². The number of aliphatic hydroxyl groups is 1. The first kappa shape index (κ1) is 21.5. The smallest absolute Gasteiger partial charge is 0.453 e. The maximum Gasteiger partial charge on any atom is 0.453 e. The van der Waals surface area contributed by atoms with Crippen molar-refractivity contribution >= 4 is 11.0 Å². The summed E-state index contributed by atoms with van der Waals surface area (Å²) in [5.74, 6) is -1.97. The molecule has 10 heteroatoms. The Balaban J connectivity index is 2.05. The molecule has 0 aliphatic carbocycles. The van der Waals surface area contributed by atoms with E-state index in [1.807, 2.05) is 0 Å². The summed E-state index contributed by atoms with van der Waals surface area (Å²) in [6, 6.07) is 9.44. The molecule has 1 heterocycles. The van der Waals surface area contributed by atoms with Gasteiger partial charge in [-0.2, -0.15) is 13.2 Å². The molecule has 3 aromatic rings. The van der Waals surface area contributed by atoms with Crippen molar-refractivity contribution in [3.05, 3.63) is 58.4 Å². The van der Waals surface area contributed by atoms with Crippen molar-refractivity contribution < 1.29 is 36.9 Å². The van der Waals surface area contributed by atoms with Gasteiger partial charge in [0, 0.05) is 12.6 Å². The highest BCUT2D eigenvalue weighted by Gasteiger charge is 2.40. The third kappa shape index (κ3) is 4.66. The quantitative estimate of drug-likeness (QED) is 0.599. The number of alkyl halides is 3. The van der Waals surface area contributed by atoms with Crippen LogP contribution in [0.25, 0.3) is 11.0 Å². The largest absolute Gasteiger partial charge is 0.497 e. The number of aliphatic hydroxyl groups excluding tert-OH is 1. The molecular formula is C20H18F3NO6. The fraction of sp³-hybridized carbons (Fsp3) is 0.250. The van der Waals surface area contributed by atoms with Gasteiger partial charge in [0.1, 0.15) is 35.5 Å². The molecule has 0 fully saturated rings. The molecule has 0 amide bonds. The Bertz CT molecular complexity index is 1080. The highest BCUT2D eigenvalue weighted by molar-refractivity contribution is 5.79. The van der Waals surface area contributed by atoms with Crippen molar-refractivity contribution in [3.63, 3.8) is 0 Å². The molecule has 1 aromatic heterocycles. The van der Waals surface area contributed by atoms with Crippen molar-refractivity contribution in [2.75, 3.05) is 20.3 Å². The van der Waals surface area contributed by atoms with E-state index in [1.54, 1.807) is 0 Å². The minimum absolute atomic E-state index is 0.00340. The van der Waals surface area contributed by atoms with E-state index in [0.717, 1.165) is 6.07 Å². The van der Waals surface area contributed by atoms with Crippen molar-refractivity contribution in [1.82, 2.24) is 0 Å². The Morgan fingerprint density at radius 1 is 1.10 bits per heavy atom. The Kier molecular flexibility index (Phi) is 6.18. The van der Waals surface area contributed by atoms with E-state index in [-0.39, 0.29) is 35.6 Å². The SMILES string of the molecule is COc1ccc(Oc2c(C(F)(F)F)oc3cc(OC[C@H](O)CN)ccc3c2=O)cc1. The molecule has 2 aromatic carbocycles. The summed E-state index contributed by atoms with van der Waals surface area (Å²) in [4.78, 5) is 12.7. The number of nitrogens with two attached hydrogens (primary N) is 1. The number of hydrogen-bond donors (Lipinski definition) is 2. The lowest BCUT2D eigenvalue weighted by molar-refractivity contribution is -0.154. The predicted octanol–water partition coefficient (Wildman–Crippen LogP) is 3.31. The van der Waals surface area contributed by atoms with Crippen LogP contribution in [0.3, 0.4) is 0 Å². The number of benzene rings is 2. The molecule has 1 atom stereocenters. The lowest BCUT2D eigenvalue weighted by atomic mass is 10.2. The van der Waals surface area contributed by atoms with Crippen LogP contribution in [0.1, 0.15) is 5.76 Å². The maximum absolute atomic E-state index is 13.6. The molecule has 3 rings (SSSR count). The molecule has 7 nitrogen and oxygen atoms in total. The number of methoxy groups -OCH3 is 1. The topological polar surface area (TPSA) is 104 Å². The number of halogens is 3. The van der Waals surface area contributed by atoms with Gasteiger partial charge in [0.2, 0.25) is 11.2 Å². The van der Waals surface area contributed by atoms with Crippen LogP contribution < -0.4 is 25.4 Å². The minimum Gasteiger partial charge on any atom is -0.497 e. The maximum atomic E-state index is 13.6. The van der Waals surface area contributed by atoms with E-state index < -0.39 is 29.2 Å². The second-order valence-electron chi connectivity index (χ2n) is 6.22. The lowest BCUT2D eigenvalue weighted by Gasteiger charge is -2.14. The van der Waals surface area contributed by atoms with E-state index in [1.165, 1.54) is 43.5 Å². The Morgan fingerprint density at radius 2 is 1.73 bits per heavy atom. The fourth-order valence-electron chi connectivity index (χ4n) is 2.55. The Hall–Kier alpha value is -3.24. The zero-order chi connectivity index (χ0) is 21.9. The van der Waals surface area contributed by atoms with Crippen LogP contribution in [0.15, 0.2) is 51.7 Å². The molecule has 0 radical (unpaired) electrons. The molecule has 0 aliphatic heterocycles. The first-order valence-corrected chi connectivity index (χ1v) is 8.74. The zero-order valence-corrected chi connectivity index (χ0v) is 15.7. The van der Waals surface area contributed by atoms with Gasteiger partial charge in [-0.05, 0) is 36.4 Å². The summed E-state index contributed by atoms with van der Waals surface area (Å²) in [6.45, 7) is -0.218. The monoisotopic (exact) mass is 425 g/mol. The summed E-state index contributed by atoms with van der Waals surface area (Å²) >= 11 is 0. The Morgan fingerprint density at radius 3 is 2.33 bits per heavy atom. The lowest BCUT2D eigenvalue weighted by Crippen LogP contribution is -2.26. The molecule has 0 bridgehead atoms. The van der Waals surface area contributed by atoms with Gasteiger partial charge in [-0.25, -0.2) is 0 Å². The van der Waals surface area contributed by atoms with Gasteiger partial charge in [0.05, 0.1) is 12.5 Å². The summed E-state index contributed by atoms with van der Waals surface area (Å²) in [7, 11) is 1.43. The van der Waals surface area contributed by atoms with Crippen LogP contribution in [0, 0.1) is 0 Å². The van der Waals surface area contributed by atoms with Gasteiger partial charge >= 0.3 is 6.18 Å². The molecule has 0 unspecified atom stereocenters. The molecular weight excluding hydrogens is 407 g/mol.